The Kier molecular flexibility index (Phi) is 3.90. The molecule has 0 aromatic heterocycles. The van der Waals surface area contributed by atoms with Crippen molar-refractivity contribution < 1.29 is 20.1 Å². The second-order valence-corrected chi connectivity index (χ2v) is 3.18. The van der Waals surface area contributed by atoms with Crippen molar-refractivity contribution in [1.82, 2.24) is 5.32 Å². The standard InChI is InChI=1S/C11H13NO4/c1-2-5-12-11(16)10(15)7-3-4-8(13)9(14)6-7/h2-4,6,10,13-15H,1,5H2,(H,12,16). The predicted octanol–water partition coefficient (Wildman–Crippen LogP) is 0.433. The lowest BCUT2D eigenvalue weighted by molar-refractivity contribution is -0.129. The molecule has 1 rings (SSSR count). The molecule has 4 N–H and O–H groups in total. The Morgan fingerprint density at radius 2 is 2.12 bits per heavy atom. The predicted molar refractivity (Wildman–Crippen MR) is 57.9 cm³/mol. The molecule has 0 aliphatic carbocycles. The molecule has 0 spiro atoms. The molecule has 0 bridgehead atoms. The number of amides is 1. The van der Waals surface area contributed by atoms with Crippen molar-refractivity contribution in [1.29, 1.82) is 0 Å². The van der Waals surface area contributed by atoms with E-state index in [1.165, 1.54) is 18.2 Å². The van der Waals surface area contributed by atoms with Crippen LogP contribution in [-0.2, 0) is 4.79 Å². The van der Waals surface area contributed by atoms with Gasteiger partial charge in [0.15, 0.2) is 17.6 Å². The van der Waals surface area contributed by atoms with E-state index in [1.807, 2.05) is 0 Å². The third kappa shape index (κ3) is 2.74. The van der Waals surface area contributed by atoms with E-state index in [4.69, 9.17) is 5.11 Å². The number of aliphatic hydroxyl groups excluding tert-OH is 1. The molecule has 1 atom stereocenters. The van der Waals surface area contributed by atoms with Gasteiger partial charge in [0.1, 0.15) is 0 Å². The van der Waals surface area contributed by atoms with Gasteiger partial charge in [0.05, 0.1) is 0 Å². The maximum Gasteiger partial charge on any atom is 0.253 e. The number of benzene rings is 1. The smallest absolute Gasteiger partial charge is 0.253 e. The van der Waals surface area contributed by atoms with E-state index in [0.717, 1.165) is 6.07 Å². The molecule has 5 nitrogen and oxygen atoms in total. The van der Waals surface area contributed by atoms with Crippen LogP contribution < -0.4 is 5.32 Å². The number of rotatable bonds is 4. The Hall–Kier alpha value is -2.01. The Bertz CT molecular complexity index is 403. The topological polar surface area (TPSA) is 89.8 Å². The molecule has 0 radical (unpaired) electrons. The van der Waals surface area contributed by atoms with Gasteiger partial charge in [0.25, 0.3) is 5.91 Å². The van der Waals surface area contributed by atoms with Gasteiger partial charge in [-0.3, -0.25) is 4.79 Å². The number of phenolic OH excluding ortho intramolecular Hbond substituents is 2. The number of phenols is 2. The second-order valence-electron chi connectivity index (χ2n) is 3.18. The van der Waals surface area contributed by atoms with Crippen LogP contribution in [0.15, 0.2) is 30.9 Å². The van der Waals surface area contributed by atoms with E-state index in [2.05, 4.69) is 11.9 Å². The fraction of sp³-hybridized carbons (Fsp3) is 0.182. The van der Waals surface area contributed by atoms with Crippen LogP contribution in [0.5, 0.6) is 11.5 Å². The number of carbonyl (C=O) groups is 1. The van der Waals surface area contributed by atoms with Gasteiger partial charge in [0, 0.05) is 6.54 Å². The van der Waals surface area contributed by atoms with E-state index < -0.39 is 12.0 Å². The van der Waals surface area contributed by atoms with Crippen molar-refractivity contribution >= 4 is 5.91 Å². The average molecular weight is 223 g/mol. The van der Waals surface area contributed by atoms with Crippen LogP contribution in [-0.4, -0.2) is 27.8 Å². The van der Waals surface area contributed by atoms with Gasteiger partial charge < -0.3 is 20.6 Å². The van der Waals surface area contributed by atoms with Gasteiger partial charge in [-0.2, -0.15) is 0 Å². The van der Waals surface area contributed by atoms with E-state index in [9.17, 15) is 15.0 Å². The van der Waals surface area contributed by atoms with Crippen LogP contribution in [0.3, 0.4) is 0 Å². The molecule has 1 unspecified atom stereocenters. The molecular formula is C11H13NO4. The summed E-state index contributed by atoms with van der Waals surface area (Å²) in [5.41, 5.74) is 0.205. The van der Waals surface area contributed by atoms with Crippen LogP contribution in [0.25, 0.3) is 0 Å². The summed E-state index contributed by atoms with van der Waals surface area (Å²) in [7, 11) is 0. The zero-order valence-corrected chi connectivity index (χ0v) is 8.55. The molecule has 0 saturated heterocycles. The minimum atomic E-state index is -1.38. The lowest BCUT2D eigenvalue weighted by atomic mass is 10.1. The zero-order valence-electron chi connectivity index (χ0n) is 8.55. The summed E-state index contributed by atoms with van der Waals surface area (Å²) in [5, 5.41) is 30.3. The first-order chi connectivity index (χ1) is 7.56. The summed E-state index contributed by atoms with van der Waals surface area (Å²) in [4.78, 5) is 11.3. The monoisotopic (exact) mass is 223 g/mol. The molecular weight excluding hydrogens is 210 g/mol. The molecule has 86 valence electrons. The molecule has 1 aromatic carbocycles. The van der Waals surface area contributed by atoms with Crippen LogP contribution in [0.4, 0.5) is 0 Å². The first-order valence-electron chi connectivity index (χ1n) is 4.64. The number of nitrogens with one attached hydrogen (secondary N) is 1. The van der Waals surface area contributed by atoms with Crippen molar-refractivity contribution in [3.63, 3.8) is 0 Å². The highest BCUT2D eigenvalue weighted by atomic mass is 16.3. The van der Waals surface area contributed by atoms with Gasteiger partial charge in [-0.15, -0.1) is 6.58 Å². The number of carbonyl (C=O) groups excluding carboxylic acids is 1. The average Bonchev–Trinajstić information content (AvgIpc) is 2.28. The molecule has 16 heavy (non-hydrogen) atoms. The Labute approximate surface area is 92.7 Å². The fourth-order valence-corrected chi connectivity index (χ4v) is 1.13. The van der Waals surface area contributed by atoms with Crippen molar-refractivity contribution in [3.8, 4) is 11.5 Å². The van der Waals surface area contributed by atoms with Gasteiger partial charge in [-0.25, -0.2) is 0 Å². The lowest BCUT2D eigenvalue weighted by Gasteiger charge is -2.11. The SMILES string of the molecule is C=CCNC(=O)C(O)c1ccc(O)c(O)c1. The summed E-state index contributed by atoms with van der Waals surface area (Å²) in [6.45, 7) is 3.67. The Balaban J connectivity index is 2.79. The highest BCUT2D eigenvalue weighted by Crippen LogP contribution is 2.27. The van der Waals surface area contributed by atoms with Gasteiger partial charge >= 0.3 is 0 Å². The summed E-state index contributed by atoms with van der Waals surface area (Å²) < 4.78 is 0. The first-order valence-corrected chi connectivity index (χ1v) is 4.64. The Morgan fingerprint density at radius 1 is 1.44 bits per heavy atom. The highest BCUT2D eigenvalue weighted by Gasteiger charge is 2.17. The summed E-state index contributed by atoms with van der Waals surface area (Å²) in [6.07, 6.45) is 0.102. The molecule has 0 saturated carbocycles. The number of hydrogen-bond donors (Lipinski definition) is 4. The largest absolute Gasteiger partial charge is 0.504 e. The second kappa shape index (κ2) is 5.18. The summed E-state index contributed by atoms with van der Waals surface area (Å²) in [6, 6.07) is 3.69. The van der Waals surface area contributed by atoms with Crippen LogP contribution >= 0.6 is 0 Å². The Morgan fingerprint density at radius 3 is 2.69 bits per heavy atom. The summed E-state index contributed by atoms with van der Waals surface area (Å²) in [5.74, 6) is -1.28. The quantitative estimate of drug-likeness (QED) is 0.440. The van der Waals surface area contributed by atoms with E-state index in [0.29, 0.717) is 0 Å². The highest BCUT2D eigenvalue weighted by molar-refractivity contribution is 5.82. The minimum absolute atomic E-state index is 0.205. The van der Waals surface area contributed by atoms with Crippen molar-refractivity contribution in [2.75, 3.05) is 6.54 Å². The molecule has 0 heterocycles. The fourth-order valence-electron chi connectivity index (χ4n) is 1.13. The lowest BCUT2D eigenvalue weighted by Crippen LogP contribution is -2.29. The minimum Gasteiger partial charge on any atom is -0.504 e. The third-order valence-electron chi connectivity index (χ3n) is 1.98. The van der Waals surface area contributed by atoms with E-state index in [-0.39, 0.29) is 23.6 Å². The normalized spacial score (nSPS) is 11.8. The molecule has 1 amide bonds. The first kappa shape index (κ1) is 12.1. The van der Waals surface area contributed by atoms with Crippen LogP contribution in [0, 0.1) is 0 Å². The number of aromatic hydroxyl groups is 2. The molecule has 0 aliphatic heterocycles. The third-order valence-corrected chi connectivity index (χ3v) is 1.98. The van der Waals surface area contributed by atoms with Crippen molar-refractivity contribution in [2.24, 2.45) is 0 Å². The molecule has 1 aromatic rings. The number of aliphatic hydroxyl groups is 1. The van der Waals surface area contributed by atoms with Crippen molar-refractivity contribution in [2.45, 2.75) is 6.10 Å². The van der Waals surface area contributed by atoms with Crippen molar-refractivity contribution in [3.05, 3.63) is 36.4 Å². The van der Waals surface area contributed by atoms with Crippen LogP contribution in [0.2, 0.25) is 0 Å². The summed E-state index contributed by atoms with van der Waals surface area (Å²) >= 11 is 0. The molecule has 0 aliphatic rings. The van der Waals surface area contributed by atoms with Crippen LogP contribution in [0.1, 0.15) is 11.7 Å². The van der Waals surface area contributed by atoms with Gasteiger partial charge in [-0.1, -0.05) is 12.1 Å². The zero-order chi connectivity index (χ0) is 12.1. The van der Waals surface area contributed by atoms with E-state index in [1.54, 1.807) is 0 Å². The maximum atomic E-state index is 11.3. The molecule has 5 heteroatoms. The maximum absolute atomic E-state index is 11.3. The van der Waals surface area contributed by atoms with Gasteiger partial charge in [-0.05, 0) is 17.7 Å². The number of hydrogen-bond acceptors (Lipinski definition) is 4. The molecule has 0 fully saturated rings. The van der Waals surface area contributed by atoms with Gasteiger partial charge in [0.2, 0.25) is 0 Å². The van der Waals surface area contributed by atoms with E-state index >= 15 is 0 Å².